The molecule has 0 bridgehead atoms. The Bertz CT molecular complexity index is 760. The molecule has 0 heterocycles. The van der Waals surface area contributed by atoms with Gasteiger partial charge in [0.2, 0.25) is 0 Å². The summed E-state index contributed by atoms with van der Waals surface area (Å²) in [4.78, 5) is 22.2. The van der Waals surface area contributed by atoms with Crippen LogP contribution >= 0.6 is 15.9 Å². The molecule has 0 saturated carbocycles. The summed E-state index contributed by atoms with van der Waals surface area (Å²) in [6.45, 7) is 0. The lowest BCUT2D eigenvalue weighted by molar-refractivity contribution is -0.385. The molecule has 8 heteroatoms. The molecule has 0 saturated heterocycles. The number of hydrogen-bond donors (Lipinski definition) is 1. The zero-order chi connectivity index (χ0) is 16.8. The number of amides is 1. The minimum atomic E-state index is -0.503. The first-order valence-electron chi connectivity index (χ1n) is 6.42. The third-order valence-electron chi connectivity index (χ3n) is 2.90. The van der Waals surface area contributed by atoms with E-state index in [2.05, 4.69) is 26.5 Å². The molecule has 1 N–H and O–H groups in total. The molecule has 1 amide bonds. The maximum Gasteiger partial charge on any atom is 0.284 e. The summed E-state index contributed by atoms with van der Waals surface area (Å²) in [6, 6.07) is 11.1. The second-order valence-corrected chi connectivity index (χ2v) is 5.25. The van der Waals surface area contributed by atoms with E-state index in [4.69, 9.17) is 4.74 Å². The van der Waals surface area contributed by atoms with Crippen LogP contribution in [-0.4, -0.2) is 24.2 Å². The lowest BCUT2D eigenvalue weighted by Crippen LogP contribution is -2.17. The molecule has 0 unspecified atom stereocenters. The molecule has 2 aromatic rings. The van der Waals surface area contributed by atoms with Crippen LogP contribution in [-0.2, 0) is 0 Å². The van der Waals surface area contributed by atoms with Gasteiger partial charge < -0.3 is 4.74 Å². The Morgan fingerprint density at radius 2 is 2.00 bits per heavy atom. The molecule has 0 aliphatic heterocycles. The van der Waals surface area contributed by atoms with Crippen LogP contribution in [0.1, 0.15) is 15.9 Å². The maximum absolute atomic E-state index is 11.9. The van der Waals surface area contributed by atoms with Crippen LogP contribution in [0.4, 0.5) is 5.69 Å². The van der Waals surface area contributed by atoms with Crippen molar-refractivity contribution in [2.75, 3.05) is 7.11 Å². The van der Waals surface area contributed by atoms with Crippen LogP contribution < -0.4 is 10.2 Å². The molecule has 0 fully saturated rings. The fourth-order valence-corrected chi connectivity index (χ4v) is 2.11. The van der Waals surface area contributed by atoms with Crippen molar-refractivity contribution in [3.05, 3.63) is 68.2 Å². The first-order valence-corrected chi connectivity index (χ1v) is 7.22. The summed E-state index contributed by atoms with van der Waals surface area (Å²) in [5, 5.41) is 14.6. The van der Waals surface area contributed by atoms with E-state index in [1.54, 1.807) is 36.4 Å². The average molecular weight is 378 g/mol. The molecule has 2 aromatic carbocycles. The number of ether oxygens (including phenoxy) is 1. The smallest absolute Gasteiger partial charge is 0.284 e. The van der Waals surface area contributed by atoms with Crippen LogP contribution in [0.5, 0.6) is 5.75 Å². The molecular weight excluding hydrogens is 366 g/mol. The van der Waals surface area contributed by atoms with Crippen molar-refractivity contribution >= 4 is 33.7 Å². The van der Waals surface area contributed by atoms with Crippen LogP contribution in [0.15, 0.2) is 52.0 Å². The van der Waals surface area contributed by atoms with Crippen molar-refractivity contribution in [1.82, 2.24) is 5.43 Å². The minimum Gasteiger partial charge on any atom is -0.497 e. The second-order valence-electron chi connectivity index (χ2n) is 4.40. The molecule has 0 spiro atoms. The van der Waals surface area contributed by atoms with E-state index in [1.807, 2.05) is 0 Å². The Kier molecular flexibility index (Phi) is 5.42. The van der Waals surface area contributed by atoms with Crippen molar-refractivity contribution in [3.63, 3.8) is 0 Å². The van der Waals surface area contributed by atoms with E-state index in [0.717, 1.165) is 0 Å². The van der Waals surface area contributed by atoms with Crippen molar-refractivity contribution < 1.29 is 14.5 Å². The van der Waals surface area contributed by atoms with Crippen molar-refractivity contribution in [2.24, 2.45) is 5.10 Å². The Balaban J connectivity index is 2.04. The number of methoxy groups -OCH3 is 1. The van der Waals surface area contributed by atoms with E-state index in [0.29, 0.717) is 21.3 Å². The molecule has 0 atom stereocenters. The van der Waals surface area contributed by atoms with Crippen molar-refractivity contribution in [1.29, 1.82) is 0 Å². The Morgan fingerprint density at radius 1 is 1.30 bits per heavy atom. The third kappa shape index (κ3) is 4.36. The predicted octanol–water partition coefficient (Wildman–Crippen LogP) is 3.13. The highest BCUT2D eigenvalue weighted by molar-refractivity contribution is 9.10. The normalized spacial score (nSPS) is 10.5. The van der Waals surface area contributed by atoms with Gasteiger partial charge in [0.25, 0.3) is 11.6 Å². The van der Waals surface area contributed by atoms with E-state index in [1.165, 1.54) is 19.4 Å². The van der Waals surface area contributed by atoms with Crippen molar-refractivity contribution in [2.45, 2.75) is 0 Å². The van der Waals surface area contributed by atoms with Gasteiger partial charge in [0, 0.05) is 17.2 Å². The van der Waals surface area contributed by atoms with Crippen LogP contribution in [0.2, 0.25) is 0 Å². The van der Waals surface area contributed by atoms with Crippen LogP contribution in [0.3, 0.4) is 0 Å². The van der Waals surface area contributed by atoms with Gasteiger partial charge in [0.05, 0.1) is 22.7 Å². The fourth-order valence-electron chi connectivity index (χ4n) is 1.72. The quantitative estimate of drug-likeness (QED) is 0.491. The summed E-state index contributed by atoms with van der Waals surface area (Å²) in [5.41, 5.74) is 3.20. The highest BCUT2D eigenvalue weighted by Gasteiger charge is 2.11. The minimum absolute atomic E-state index is 0.0737. The molecule has 118 valence electrons. The van der Waals surface area contributed by atoms with Gasteiger partial charge in [0.15, 0.2) is 0 Å². The van der Waals surface area contributed by atoms with E-state index < -0.39 is 10.8 Å². The summed E-state index contributed by atoms with van der Waals surface area (Å²) >= 11 is 3.10. The number of carbonyl (C=O) groups is 1. The molecule has 0 aliphatic rings. The van der Waals surface area contributed by atoms with Gasteiger partial charge in [-0.25, -0.2) is 5.43 Å². The summed E-state index contributed by atoms with van der Waals surface area (Å²) in [7, 11) is 1.54. The summed E-state index contributed by atoms with van der Waals surface area (Å²) < 4.78 is 5.38. The summed E-state index contributed by atoms with van der Waals surface area (Å²) in [6.07, 6.45) is 1.33. The topological polar surface area (TPSA) is 93.8 Å². The number of carbonyl (C=O) groups excluding carboxylic acids is 1. The van der Waals surface area contributed by atoms with Crippen LogP contribution in [0.25, 0.3) is 0 Å². The highest BCUT2D eigenvalue weighted by Crippen LogP contribution is 2.24. The zero-order valence-corrected chi connectivity index (χ0v) is 13.6. The molecular formula is C15H12BrN3O4. The predicted molar refractivity (Wildman–Crippen MR) is 88.9 cm³/mol. The Hall–Kier alpha value is -2.74. The average Bonchev–Trinajstić information content (AvgIpc) is 2.56. The molecule has 2 rings (SSSR count). The van der Waals surface area contributed by atoms with E-state index >= 15 is 0 Å². The van der Waals surface area contributed by atoms with Gasteiger partial charge in [-0.05, 0) is 46.3 Å². The van der Waals surface area contributed by atoms with Crippen molar-refractivity contribution in [3.8, 4) is 5.75 Å². The van der Waals surface area contributed by atoms with E-state index in [-0.39, 0.29) is 5.69 Å². The first kappa shape index (κ1) is 16.6. The molecule has 0 radical (unpaired) electrons. The Labute approximate surface area is 140 Å². The number of nitro benzene ring substituents is 1. The number of hydrogen-bond acceptors (Lipinski definition) is 5. The lowest BCUT2D eigenvalue weighted by atomic mass is 10.2. The molecule has 23 heavy (non-hydrogen) atoms. The summed E-state index contributed by atoms with van der Waals surface area (Å²) in [5.74, 6) is 0.253. The standard InChI is InChI=1S/C15H12BrN3O4/c1-23-12-5-3-11(4-6-12)15(20)18-17-9-10-2-7-13(16)14(8-10)19(21)22/h2-9H,1H3,(H,18,20)/b17-9+. The highest BCUT2D eigenvalue weighted by atomic mass is 79.9. The van der Waals surface area contributed by atoms with Gasteiger partial charge in [-0.1, -0.05) is 6.07 Å². The number of hydrazone groups is 1. The monoisotopic (exact) mass is 377 g/mol. The van der Waals surface area contributed by atoms with Gasteiger partial charge in [-0.15, -0.1) is 0 Å². The number of halogens is 1. The molecule has 7 nitrogen and oxygen atoms in total. The maximum atomic E-state index is 11.9. The SMILES string of the molecule is COc1ccc(C(=O)N/N=C/c2ccc(Br)c([N+](=O)[O-])c2)cc1. The first-order chi connectivity index (χ1) is 11.0. The molecule has 0 aliphatic carbocycles. The van der Waals surface area contributed by atoms with Gasteiger partial charge in [-0.3, -0.25) is 14.9 Å². The number of nitrogens with zero attached hydrogens (tertiary/aromatic N) is 2. The van der Waals surface area contributed by atoms with Gasteiger partial charge >= 0.3 is 0 Å². The van der Waals surface area contributed by atoms with Gasteiger partial charge in [0.1, 0.15) is 5.75 Å². The van der Waals surface area contributed by atoms with Gasteiger partial charge in [-0.2, -0.15) is 5.10 Å². The zero-order valence-electron chi connectivity index (χ0n) is 12.0. The van der Waals surface area contributed by atoms with Crippen LogP contribution in [0, 0.1) is 10.1 Å². The fraction of sp³-hybridized carbons (Fsp3) is 0.0667. The number of nitrogens with one attached hydrogen (secondary N) is 1. The number of rotatable bonds is 5. The number of nitro groups is 1. The molecule has 0 aromatic heterocycles. The Morgan fingerprint density at radius 3 is 2.61 bits per heavy atom. The third-order valence-corrected chi connectivity index (χ3v) is 3.57. The second kappa shape index (κ2) is 7.50. The van der Waals surface area contributed by atoms with E-state index in [9.17, 15) is 14.9 Å². The number of benzene rings is 2. The lowest BCUT2D eigenvalue weighted by Gasteiger charge is -2.02. The largest absolute Gasteiger partial charge is 0.497 e.